The number of hydrogen-bond donors (Lipinski definition) is 0. The Bertz CT molecular complexity index is 649. The summed E-state index contributed by atoms with van der Waals surface area (Å²) in [7, 11) is 0. The Labute approximate surface area is 131 Å². The largest absolute Gasteiger partial charge is 0.423 e. The van der Waals surface area contributed by atoms with Crippen LogP contribution in [-0.4, -0.2) is 5.97 Å². The highest BCUT2D eigenvalue weighted by Crippen LogP contribution is 2.22. The Morgan fingerprint density at radius 2 is 1.60 bits per heavy atom. The van der Waals surface area contributed by atoms with Gasteiger partial charge in [0.25, 0.3) is 0 Å². The Hall–Kier alpha value is -1.48. The van der Waals surface area contributed by atoms with Crippen molar-refractivity contribution in [3.63, 3.8) is 0 Å². The van der Waals surface area contributed by atoms with Crippen LogP contribution in [0.4, 0.5) is 0 Å². The van der Waals surface area contributed by atoms with Crippen LogP contribution in [0.5, 0.6) is 5.75 Å². The second-order valence-electron chi connectivity index (χ2n) is 3.87. The maximum absolute atomic E-state index is 11.6. The lowest BCUT2D eigenvalue weighted by Gasteiger charge is -2.01. The van der Waals surface area contributed by atoms with Crippen molar-refractivity contribution in [3.05, 3.63) is 69.2 Å². The van der Waals surface area contributed by atoms with Gasteiger partial charge in [0, 0.05) is 21.1 Å². The average molecular weight is 328 g/mol. The Morgan fingerprint density at radius 3 is 2.25 bits per heavy atom. The first-order chi connectivity index (χ1) is 9.54. The van der Waals surface area contributed by atoms with E-state index in [0.29, 0.717) is 26.4 Å². The van der Waals surface area contributed by atoms with Gasteiger partial charge in [0.1, 0.15) is 5.75 Å². The third kappa shape index (κ3) is 4.27. The fourth-order valence-electron chi connectivity index (χ4n) is 1.45. The summed E-state index contributed by atoms with van der Waals surface area (Å²) >= 11 is 17.5. The van der Waals surface area contributed by atoms with Crippen molar-refractivity contribution in [1.82, 2.24) is 0 Å². The standard InChI is InChI=1S/C15H9Cl3O2/c16-11-4-6-13(7-5-11)20-15(19)8-2-10-1-3-12(17)9-14(10)18/h1-9H. The number of benzene rings is 2. The molecular weight excluding hydrogens is 319 g/mol. The monoisotopic (exact) mass is 326 g/mol. The summed E-state index contributed by atoms with van der Waals surface area (Å²) < 4.78 is 5.10. The molecule has 20 heavy (non-hydrogen) atoms. The van der Waals surface area contributed by atoms with Gasteiger partial charge in [-0.2, -0.15) is 0 Å². The zero-order chi connectivity index (χ0) is 14.5. The van der Waals surface area contributed by atoms with Gasteiger partial charge in [-0.05, 0) is 48.0 Å². The minimum absolute atomic E-state index is 0.422. The minimum Gasteiger partial charge on any atom is -0.423 e. The molecule has 2 rings (SSSR count). The summed E-state index contributed by atoms with van der Waals surface area (Å²) in [4.78, 5) is 11.6. The lowest BCUT2D eigenvalue weighted by atomic mass is 10.2. The highest BCUT2D eigenvalue weighted by molar-refractivity contribution is 6.35. The first-order valence-corrected chi connectivity index (χ1v) is 6.78. The van der Waals surface area contributed by atoms with E-state index in [9.17, 15) is 4.79 Å². The van der Waals surface area contributed by atoms with E-state index in [4.69, 9.17) is 39.5 Å². The lowest BCUT2D eigenvalue weighted by Crippen LogP contribution is -2.03. The van der Waals surface area contributed by atoms with Crippen molar-refractivity contribution in [2.24, 2.45) is 0 Å². The molecule has 0 N–H and O–H groups in total. The van der Waals surface area contributed by atoms with E-state index in [1.54, 1.807) is 48.5 Å². The zero-order valence-electron chi connectivity index (χ0n) is 10.1. The summed E-state index contributed by atoms with van der Waals surface area (Å²) in [5.74, 6) is -0.0791. The van der Waals surface area contributed by atoms with Gasteiger partial charge in [-0.25, -0.2) is 4.79 Å². The number of rotatable bonds is 3. The van der Waals surface area contributed by atoms with Crippen LogP contribution in [0.2, 0.25) is 15.1 Å². The van der Waals surface area contributed by atoms with Crippen molar-refractivity contribution in [2.45, 2.75) is 0 Å². The second kappa shape index (κ2) is 6.80. The minimum atomic E-state index is -0.502. The first-order valence-electron chi connectivity index (χ1n) is 5.65. The van der Waals surface area contributed by atoms with E-state index >= 15 is 0 Å². The molecule has 0 saturated heterocycles. The van der Waals surface area contributed by atoms with Crippen LogP contribution in [0.1, 0.15) is 5.56 Å². The number of halogens is 3. The molecule has 0 bridgehead atoms. The number of hydrogen-bond acceptors (Lipinski definition) is 2. The number of carbonyl (C=O) groups excluding carboxylic acids is 1. The molecule has 0 spiro atoms. The summed E-state index contributed by atoms with van der Waals surface area (Å²) in [6, 6.07) is 11.5. The molecule has 0 amide bonds. The summed E-state index contributed by atoms with van der Waals surface area (Å²) in [6.45, 7) is 0. The van der Waals surface area contributed by atoms with E-state index in [1.165, 1.54) is 6.08 Å². The van der Waals surface area contributed by atoms with E-state index < -0.39 is 5.97 Å². The van der Waals surface area contributed by atoms with Crippen molar-refractivity contribution in [1.29, 1.82) is 0 Å². The topological polar surface area (TPSA) is 26.3 Å². The fourth-order valence-corrected chi connectivity index (χ4v) is 2.04. The van der Waals surface area contributed by atoms with Gasteiger partial charge in [0.2, 0.25) is 0 Å². The van der Waals surface area contributed by atoms with E-state index in [2.05, 4.69) is 0 Å². The molecule has 0 saturated carbocycles. The predicted molar refractivity (Wildman–Crippen MR) is 82.6 cm³/mol. The van der Waals surface area contributed by atoms with Crippen molar-refractivity contribution < 1.29 is 9.53 Å². The van der Waals surface area contributed by atoms with Crippen molar-refractivity contribution in [3.8, 4) is 5.75 Å². The maximum atomic E-state index is 11.6. The van der Waals surface area contributed by atoms with Crippen LogP contribution in [-0.2, 0) is 4.79 Å². The van der Waals surface area contributed by atoms with Crippen LogP contribution in [0.3, 0.4) is 0 Å². The SMILES string of the molecule is O=C(C=Cc1ccc(Cl)cc1Cl)Oc1ccc(Cl)cc1. The van der Waals surface area contributed by atoms with E-state index in [0.717, 1.165) is 0 Å². The Morgan fingerprint density at radius 1 is 0.950 bits per heavy atom. The van der Waals surface area contributed by atoms with E-state index in [1.807, 2.05) is 0 Å². The third-order valence-corrected chi connectivity index (χ3v) is 3.21. The number of carbonyl (C=O) groups is 1. The molecule has 0 atom stereocenters. The molecule has 0 aliphatic carbocycles. The highest BCUT2D eigenvalue weighted by atomic mass is 35.5. The molecule has 0 aliphatic rings. The molecule has 0 heterocycles. The molecule has 5 heteroatoms. The van der Waals surface area contributed by atoms with Gasteiger partial charge in [-0.15, -0.1) is 0 Å². The van der Waals surface area contributed by atoms with E-state index in [-0.39, 0.29) is 0 Å². The van der Waals surface area contributed by atoms with Crippen LogP contribution in [0.25, 0.3) is 6.08 Å². The van der Waals surface area contributed by atoms with Crippen LogP contribution in [0, 0.1) is 0 Å². The molecule has 2 aromatic rings. The van der Waals surface area contributed by atoms with Crippen LogP contribution in [0.15, 0.2) is 48.5 Å². The molecule has 0 aliphatic heterocycles. The van der Waals surface area contributed by atoms with Gasteiger partial charge >= 0.3 is 5.97 Å². The summed E-state index contributed by atoms with van der Waals surface area (Å²) in [5.41, 5.74) is 0.684. The molecule has 2 nitrogen and oxygen atoms in total. The smallest absolute Gasteiger partial charge is 0.336 e. The molecule has 0 fully saturated rings. The van der Waals surface area contributed by atoms with Crippen molar-refractivity contribution >= 4 is 46.8 Å². The highest BCUT2D eigenvalue weighted by Gasteiger charge is 2.02. The molecule has 0 radical (unpaired) electrons. The van der Waals surface area contributed by atoms with Gasteiger partial charge in [-0.3, -0.25) is 0 Å². The Balaban J connectivity index is 2.03. The van der Waals surface area contributed by atoms with Crippen molar-refractivity contribution in [2.75, 3.05) is 0 Å². The molecule has 0 aromatic heterocycles. The summed E-state index contributed by atoms with van der Waals surface area (Å²) in [6.07, 6.45) is 2.86. The van der Waals surface area contributed by atoms with Gasteiger partial charge < -0.3 is 4.74 Å². The lowest BCUT2D eigenvalue weighted by molar-refractivity contribution is -0.128. The van der Waals surface area contributed by atoms with Gasteiger partial charge in [0.15, 0.2) is 0 Å². The van der Waals surface area contributed by atoms with Gasteiger partial charge in [0.05, 0.1) is 0 Å². The second-order valence-corrected chi connectivity index (χ2v) is 5.15. The molecule has 102 valence electrons. The number of ether oxygens (including phenoxy) is 1. The molecule has 2 aromatic carbocycles. The summed E-state index contributed by atoms with van der Waals surface area (Å²) in [5, 5.41) is 1.58. The van der Waals surface area contributed by atoms with Crippen LogP contribution < -0.4 is 4.74 Å². The maximum Gasteiger partial charge on any atom is 0.336 e. The molecule has 0 unspecified atom stereocenters. The normalized spacial score (nSPS) is 10.8. The third-order valence-electron chi connectivity index (χ3n) is 2.39. The van der Waals surface area contributed by atoms with Gasteiger partial charge in [-0.1, -0.05) is 40.9 Å². The van der Waals surface area contributed by atoms with Crippen LogP contribution >= 0.6 is 34.8 Å². The fraction of sp³-hybridized carbons (Fsp3) is 0. The zero-order valence-corrected chi connectivity index (χ0v) is 12.4. The Kier molecular flexibility index (Phi) is 5.07. The first kappa shape index (κ1) is 14.9. The molecular formula is C15H9Cl3O2. The number of esters is 1. The predicted octanol–water partition coefficient (Wildman–Crippen LogP) is 5.27. The average Bonchev–Trinajstić information content (AvgIpc) is 2.40. The quantitative estimate of drug-likeness (QED) is 0.436.